The third-order valence-corrected chi connectivity index (χ3v) is 1.90. The van der Waals surface area contributed by atoms with E-state index >= 15 is 0 Å². The highest BCUT2D eigenvalue weighted by Gasteiger charge is 2.19. The maximum Gasteiger partial charge on any atom is 0.0920 e. The second kappa shape index (κ2) is 4.58. The van der Waals surface area contributed by atoms with Gasteiger partial charge >= 0.3 is 0 Å². The second-order valence-corrected chi connectivity index (χ2v) is 4.31. The molecule has 13 heavy (non-hydrogen) atoms. The topological polar surface area (TPSA) is 73.3 Å². The van der Waals surface area contributed by atoms with Crippen LogP contribution in [0.1, 0.15) is 27.2 Å². The van der Waals surface area contributed by atoms with E-state index in [2.05, 4.69) is 0 Å². The van der Waals surface area contributed by atoms with Gasteiger partial charge in [-0.05, 0) is 27.8 Å². The summed E-state index contributed by atoms with van der Waals surface area (Å²) in [5.41, 5.74) is 4.59. The van der Waals surface area contributed by atoms with E-state index in [1.807, 2.05) is 18.9 Å². The van der Waals surface area contributed by atoms with Crippen LogP contribution in [0.5, 0.6) is 0 Å². The van der Waals surface area contributed by atoms with Crippen molar-refractivity contribution < 1.29 is 5.11 Å². The van der Waals surface area contributed by atoms with Gasteiger partial charge in [0.2, 0.25) is 0 Å². The molecular weight excluding hydrogens is 166 g/mol. The van der Waals surface area contributed by atoms with Gasteiger partial charge in [-0.1, -0.05) is 0 Å². The van der Waals surface area contributed by atoms with E-state index in [0.717, 1.165) is 0 Å². The van der Waals surface area contributed by atoms with Crippen molar-refractivity contribution in [2.45, 2.75) is 38.8 Å². The fourth-order valence-electron chi connectivity index (χ4n) is 1.24. The number of nitrogens with two attached hydrogens (primary N) is 1. The summed E-state index contributed by atoms with van der Waals surface area (Å²) in [5, 5.41) is 16.7. The van der Waals surface area contributed by atoms with E-state index in [0.29, 0.717) is 13.0 Å². The van der Waals surface area contributed by atoms with Crippen LogP contribution in [-0.2, 0) is 0 Å². The Morgan fingerprint density at radius 2 is 2.08 bits per heavy atom. The highest BCUT2D eigenvalue weighted by atomic mass is 16.3. The van der Waals surface area contributed by atoms with Gasteiger partial charge in [-0.25, -0.2) is 0 Å². The minimum atomic E-state index is -0.695. The van der Waals surface area contributed by atoms with Crippen molar-refractivity contribution in [1.82, 2.24) is 4.90 Å². The smallest absolute Gasteiger partial charge is 0.0920 e. The molecule has 0 fully saturated rings. The lowest BCUT2D eigenvalue weighted by molar-refractivity contribution is 0.0344. The van der Waals surface area contributed by atoms with Gasteiger partial charge in [-0.15, -0.1) is 0 Å². The van der Waals surface area contributed by atoms with Crippen LogP contribution in [-0.4, -0.2) is 41.1 Å². The molecule has 0 amide bonds. The van der Waals surface area contributed by atoms with Crippen LogP contribution in [0.15, 0.2) is 0 Å². The summed E-state index contributed by atoms with van der Waals surface area (Å²) in [6.45, 7) is 6.11. The largest absolute Gasteiger partial charge is 0.389 e. The first kappa shape index (κ1) is 12.4. The molecule has 78 valence electrons. The molecule has 0 saturated heterocycles. The van der Waals surface area contributed by atoms with Gasteiger partial charge < -0.3 is 15.7 Å². The normalized spacial score (nSPS) is 14.6. The van der Waals surface area contributed by atoms with Crippen LogP contribution in [0.3, 0.4) is 0 Å². The molecule has 0 saturated carbocycles. The summed E-state index contributed by atoms with van der Waals surface area (Å²) in [6, 6.07) is 0.198. The SMILES string of the molecule is CC(CC(=N)N)N(C)CC(C)(C)O. The number of rotatable bonds is 5. The van der Waals surface area contributed by atoms with E-state index in [1.54, 1.807) is 13.8 Å². The molecule has 0 aromatic heterocycles. The van der Waals surface area contributed by atoms with Gasteiger partial charge in [0.1, 0.15) is 0 Å². The lowest BCUT2D eigenvalue weighted by Crippen LogP contribution is -2.42. The molecule has 0 rings (SSSR count). The summed E-state index contributed by atoms with van der Waals surface area (Å²) in [5.74, 6) is 0.190. The lowest BCUT2D eigenvalue weighted by atomic mass is 10.1. The highest BCUT2D eigenvalue weighted by Crippen LogP contribution is 2.08. The summed E-state index contributed by atoms with van der Waals surface area (Å²) in [4.78, 5) is 2.00. The average Bonchev–Trinajstić information content (AvgIpc) is 1.81. The molecule has 0 aliphatic carbocycles. The van der Waals surface area contributed by atoms with Crippen molar-refractivity contribution in [3.8, 4) is 0 Å². The van der Waals surface area contributed by atoms with Crippen LogP contribution in [0.25, 0.3) is 0 Å². The average molecular weight is 187 g/mol. The Labute approximate surface area is 80.2 Å². The Balaban J connectivity index is 3.96. The van der Waals surface area contributed by atoms with E-state index in [9.17, 15) is 5.11 Å². The van der Waals surface area contributed by atoms with Gasteiger partial charge in [0.25, 0.3) is 0 Å². The van der Waals surface area contributed by atoms with Gasteiger partial charge in [0, 0.05) is 19.0 Å². The van der Waals surface area contributed by atoms with Gasteiger partial charge in [0.05, 0.1) is 11.4 Å². The van der Waals surface area contributed by atoms with Crippen LogP contribution < -0.4 is 5.73 Å². The Hall–Kier alpha value is -0.610. The molecule has 0 aliphatic heterocycles. The van der Waals surface area contributed by atoms with Crippen molar-refractivity contribution in [2.75, 3.05) is 13.6 Å². The summed E-state index contributed by atoms with van der Waals surface area (Å²) >= 11 is 0. The molecule has 4 nitrogen and oxygen atoms in total. The standard InChI is InChI=1S/C9H21N3O/c1-7(5-8(10)11)12(4)6-9(2,3)13/h7,13H,5-6H2,1-4H3,(H3,10,11). The molecule has 0 bridgehead atoms. The molecule has 0 aliphatic rings. The predicted octanol–water partition coefficient (Wildman–Crippen LogP) is 0.404. The molecule has 1 unspecified atom stereocenters. The maximum absolute atomic E-state index is 9.54. The van der Waals surface area contributed by atoms with Crippen LogP contribution in [0.4, 0.5) is 0 Å². The van der Waals surface area contributed by atoms with Gasteiger partial charge in [-0.2, -0.15) is 0 Å². The van der Waals surface area contributed by atoms with Crippen molar-refractivity contribution in [3.05, 3.63) is 0 Å². The Morgan fingerprint density at radius 3 is 2.38 bits per heavy atom. The van der Waals surface area contributed by atoms with E-state index in [1.165, 1.54) is 0 Å². The second-order valence-electron chi connectivity index (χ2n) is 4.31. The number of likely N-dealkylation sites (N-methyl/N-ethyl adjacent to an activating group) is 1. The number of nitrogens with zero attached hydrogens (tertiary/aromatic N) is 1. The molecule has 4 N–H and O–H groups in total. The van der Waals surface area contributed by atoms with Gasteiger partial charge in [0.15, 0.2) is 0 Å². The first-order valence-corrected chi connectivity index (χ1v) is 4.48. The third-order valence-electron chi connectivity index (χ3n) is 1.90. The molecule has 4 heteroatoms. The number of aliphatic hydroxyl groups is 1. The zero-order chi connectivity index (χ0) is 10.6. The Morgan fingerprint density at radius 1 is 1.62 bits per heavy atom. The minimum absolute atomic E-state index is 0.190. The highest BCUT2D eigenvalue weighted by molar-refractivity contribution is 5.77. The lowest BCUT2D eigenvalue weighted by Gasteiger charge is -2.30. The van der Waals surface area contributed by atoms with E-state index < -0.39 is 5.60 Å². The maximum atomic E-state index is 9.54. The van der Waals surface area contributed by atoms with Crippen LogP contribution in [0.2, 0.25) is 0 Å². The number of hydrogen-bond donors (Lipinski definition) is 3. The molecule has 0 aromatic rings. The Kier molecular flexibility index (Phi) is 4.36. The van der Waals surface area contributed by atoms with E-state index in [4.69, 9.17) is 11.1 Å². The quantitative estimate of drug-likeness (QED) is 0.431. The number of hydrogen-bond acceptors (Lipinski definition) is 3. The first-order chi connectivity index (χ1) is 5.72. The van der Waals surface area contributed by atoms with Crippen molar-refractivity contribution >= 4 is 5.84 Å². The van der Waals surface area contributed by atoms with Crippen molar-refractivity contribution in [2.24, 2.45) is 5.73 Å². The molecule has 0 heterocycles. The third kappa shape index (κ3) is 6.54. The van der Waals surface area contributed by atoms with Crippen LogP contribution >= 0.6 is 0 Å². The molecule has 1 atom stereocenters. The zero-order valence-corrected chi connectivity index (χ0v) is 8.96. The molecule has 0 aromatic carbocycles. The summed E-state index contributed by atoms with van der Waals surface area (Å²) < 4.78 is 0. The Bertz CT molecular complexity index is 174. The number of nitrogens with one attached hydrogen (secondary N) is 1. The van der Waals surface area contributed by atoms with Crippen molar-refractivity contribution in [3.63, 3.8) is 0 Å². The monoisotopic (exact) mass is 187 g/mol. The molecule has 0 radical (unpaired) electrons. The number of amidine groups is 1. The molecule has 0 spiro atoms. The fourth-order valence-corrected chi connectivity index (χ4v) is 1.24. The summed E-state index contributed by atoms with van der Waals surface area (Å²) in [6.07, 6.45) is 0.548. The minimum Gasteiger partial charge on any atom is -0.389 e. The van der Waals surface area contributed by atoms with E-state index in [-0.39, 0.29) is 11.9 Å². The zero-order valence-electron chi connectivity index (χ0n) is 8.96. The molecular formula is C9H21N3O. The van der Waals surface area contributed by atoms with Crippen molar-refractivity contribution in [1.29, 1.82) is 5.41 Å². The van der Waals surface area contributed by atoms with Crippen LogP contribution in [0, 0.1) is 5.41 Å². The van der Waals surface area contributed by atoms with Gasteiger partial charge in [-0.3, -0.25) is 5.41 Å². The first-order valence-electron chi connectivity index (χ1n) is 4.48. The summed E-state index contributed by atoms with van der Waals surface area (Å²) in [7, 11) is 1.92. The fraction of sp³-hybridized carbons (Fsp3) is 0.889. The predicted molar refractivity (Wildman–Crippen MR) is 54.9 cm³/mol.